The summed E-state index contributed by atoms with van der Waals surface area (Å²) in [7, 11) is 0. The van der Waals surface area contributed by atoms with Gasteiger partial charge in [0.1, 0.15) is 6.04 Å². The van der Waals surface area contributed by atoms with Crippen LogP contribution in [0.3, 0.4) is 0 Å². The van der Waals surface area contributed by atoms with Crippen LogP contribution in [0.15, 0.2) is 0 Å². The van der Waals surface area contributed by atoms with Crippen molar-refractivity contribution in [2.75, 3.05) is 0 Å². The van der Waals surface area contributed by atoms with E-state index >= 15 is 0 Å². The predicted molar refractivity (Wildman–Crippen MR) is 71.5 cm³/mol. The molecule has 3 unspecified atom stereocenters. The van der Waals surface area contributed by atoms with Gasteiger partial charge in [-0.2, -0.15) is 0 Å². The van der Waals surface area contributed by atoms with E-state index in [1.165, 1.54) is 0 Å². The summed E-state index contributed by atoms with van der Waals surface area (Å²) >= 11 is 0. The van der Waals surface area contributed by atoms with Crippen molar-refractivity contribution in [1.82, 2.24) is 4.90 Å². The zero-order valence-electron chi connectivity index (χ0n) is 11.5. The number of rotatable bonds is 4. The van der Waals surface area contributed by atoms with Crippen LogP contribution in [0, 0.1) is 5.92 Å². The second-order valence-electron chi connectivity index (χ2n) is 5.84. The van der Waals surface area contributed by atoms with E-state index < -0.39 is 18.1 Å². The van der Waals surface area contributed by atoms with Gasteiger partial charge in [-0.05, 0) is 31.6 Å². The van der Waals surface area contributed by atoms with Crippen LogP contribution >= 0.6 is 0 Å². The number of nitrogens with zero attached hydrogens (tertiary/aromatic N) is 1. The highest BCUT2D eigenvalue weighted by atomic mass is 16.4. The maximum absolute atomic E-state index is 12.4. The molecular weight excluding hydrogens is 244 g/mol. The summed E-state index contributed by atoms with van der Waals surface area (Å²) in [5.74, 6) is -0.692. The summed E-state index contributed by atoms with van der Waals surface area (Å²) in [5, 5.41) is 9.36. The highest BCUT2D eigenvalue weighted by Gasteiger charge is 2.48. The quantitative estimate of drug-likeness (QED) is 0.806. The average molecular weight is 268 g/mol. The number of carboxylic acids is 1. The number of nitrogens with two attached hydrogens (primary N) is 1. The fraction of sp³-hybridized carbons (Fsp3) is 0.857. The number of hydrogen-bond acceptors (Lipinski definition) is 3. The summed E-state index contributed by atoms with van der Waals surface area (Å²) in [6.45, 7) is 1.98. The minimum absolute atomic E-state index is 0.102. The summed E-state index contributed by atoms with van der Waals surface area (Å²) < 4.78 is 0. The molecule has 2 fully saturated rings. The Morgan fingerprint density at radius 1 is 1.37 bits per heavy atom. The molecule has 19 heavy (non-hydrogen) atoms. The Labute approximate surface area is 114 Å². The van der Waals surface area contributed by atoms with Crippen molar-refractivity contribution in [1.29, 1.82) is 0 Å². The molecule has 3 N–H and O–H groups in total. The molecular formula is C14H24N2O3. The van der Waals surface area contributed by atoms with E-state index in [9.17, 15) is 14.7 Å². The molecule has 1 amide bonds. The van der Waals surface area contributed by atoms with Gasteiger partial charge < -0.3 is 15.7 Å². The van der Waals surface area contributed by atoms with Gasteiger partial charge in [-0.15, -0.1) is 0 Å². The van der Waals surface area contributed by atoms with E-state index in [-0.39, 0.29) is 11.9 Å². The number of hydrogen-bond donors (Lipinski definition) is 2. The van der Waals surface area contributed by atoms with Crippen LogP contribution in [0.2, 0.25) is 0 Å². The van der Waals surface area contributed by atoms with Gasteiger partial charge in [0.15, 0.2) is 0 Å². The fourth-order valence-electron chi connectivity index (χ4n) is 3.62. The van der Waals surface area contributed by atoms with E-state index in [1.807, 2.05) is 6.92 Å². The van der Waals surface area contributed by atoms with Crippen LogP contribution < -0.4 is 5.73 Å². The molecule has 0 spiro atoms. The van der Waals surface area contributed by atoms with Crippen molar-refractivity contribution in [3.63, 3.8) is 0 Å². The van der Waals surface area contributed by atoms with Gasteiger partial charge in [-0.25, -0.2) is 4.79 Å². The topological polar surface area (TPSA) is 83.6 Å². The predicted octanol–water partition coefficient (Wildman–Crippen LogP) is 1.36. The molecule has 1 aliphatic heterocycles. The zero-order valence-corrected chi connectivity index (χ0v) is 11.5. The van der Waals surface area contributed by atoms with Crippen molar-refractivity contribution in [3.8, 4) is 0 Å². The van der Waals surface area contributed by atoms with E-state index in [2.05, 4.69) is 0 Å². The number of fused-ring (bicyclic) bond motifs is 1. The van der Waals surface area contributed by atoms with Crippen LogP contribution in [-0.4, -0.2) is 40.0 Å². The van der Waals surface area contributed by atoms with Crippen LogP contribution in [0.1, 0.15) is 51.9 Å². The van der Waals surface area contributed by atoms with E-state index in [0.717, 1.165) is 32.1 Å². The van der Waals surface area contributed by atoms with Crippen molar-refractivity contribution in [2.45, 2.75) is 70.0 Å². The standard InChI is InChI=1S/C14H24N2O3/c1-2-5-10(15)13(17)16-11-7-4-3-6-9(11)8-12(16)14(18)19/h9-12H,2-8,15H2,1H3,(H,18,19)/t9?,10-,11?,12?/m0/s1. The summed E-state index contributed by atoms with van der Waals surface area (Å²) in [4.78, 5) is 25.5. The molecule has 2 rings (SSSR count). The number of carbonyl (C=O) groups is 2. The Morgan fingerprint density at radius 3 is 2.68 bits per heavy atom. The maximum Gasteiger partial charge on any atom is 0.326 e. The first-order valence-electron chi connectivity index (χ1n) is 7.36. The van der Waals surface area contributed by atoms with Gasteiger partial charge in [0.2, 0.25) is 5.91 Å². The van der Waals surface area contributed by atoms with Crippen molar-refractivity contribution < 1.29 is 14.7 Å². The lowest BCUT2D eigenvalue weighted by Crippen LogP contribution is -2.52. The first-order chi connectivity index (χ1) is 9.06. The Bertz CT molecular complexity index is 359. The lowest BCUT2D eigenvalue weighted by molar-refractivity contribution is -0.150. The summed E-state index contributed by atoms with van der Waals surface area (Å²) in [6, 6.07) is -1.11. The third kappa shape index (κ3) is 2.76. The van der Waals surface area contributed by atoms with Crippen molar-refractivity contribution in [2.24, 2.45) is 11.7 Å². The van der Waals surface area contributed by atoms with E-state index in [1.54, 1.807) is 4.90 Å². The molecule has 0 radical (unpaired) electrons. The molecule has 1 saturated carbocycles. The lowest BCUT2D eigenvalue weighted by atomic mass is 9.84. The largest absolute Gasteiger partial charge is 0.480 e. The molecule has 1 heterocycles. The van der Waals surface area contributed by atoms with Crippen LogP contribution in [0.4, 0.5) is 0 Å². The van der Waals surface area contributed by atoms with Gasteiger partial charge in [0.05, 0.1) is 6.04 Å². The molecule has 0 aromatic heterocycles. The smallest absolute Gasteiger partial charge is 0.326 e. The normalized spacial score (nSPS) is 31.9. The van der Waals surface area contributed by atoms with E-state index in [4.69, 9.17) is 5.73 Å². The van der Waals surface area contributed by atoms with Crippen LogP contribution in [0.25, 0.3) is 0 Å². The first-order valence-corrected chi connectivity index (χ1v) is 7.36. The second kappa shape index (κ2) is 5.90. The average Bonchev–Trinajstić information content (AvgIpc) is 2.77. The summed E-state index contributed by atoms with van der Waals surface area (Å²) in [6.07, 6.45) is 6.27. The Morgan fingerprint density at radius 2 is 2.05 bits per heavy atom. The molecule has 5 nitrogen and oxygen atoms in total. The summed E-state index contributed by atoms with van der Waals surface area (Å²) in [5.41, 5.74) is 5.91. The molecule has 1 saturated heterocycles. The number of likely N-dealkylation sites (tertiary alicyclic amines) is 1. The lowest BCUT2D eigenvalue weighted by Gasteiger charge is -2.34. The van der Waals surface area contributed by atoms with Gasteiger partial charge in [0.25, 0.3) is 0 Å². The molecule has 4 atom stereocenters. The molecule has 108 valence electrons. The number of carboxylic acid groups (broad SMARTS) is 1. The number of carbonyl (C=O) groups excluding carboxylic acids is 1. The second-order valence-corrected chi connectivity index (χ2v) is 5.84. The minimum atomic E-state index is -0.883. The molecule has 5 heteroatoms. The molecule has 2 aliphatic rings. The van der Waals surface area contributed by atoms with Crippen molar-refractivity contribution in [3.05, 3.63) is 0 Å². The van der Waals surface area contributed by atoms with Crippen LogP contribution in [0.5, 0.6) is 0 Å². The molecule has 0 aromatic rings. The molecule has 0 bridgehead atoms. The first kappa shape index (κ1) is 14.3. The zero-order chi connectivity index (χ0) is 14.0. The van der Waals surface area contributed by atoms with Gasteiger partial charge >= 0.3 is 5.97 Å². The highest BCUT2D eigenvalue weighted by molar-refractivity contribution is 5.87. The Hall–Kier alpha value is -1.10. The third-order valence-corrected chi connectivity index (χ3v) is 4.54. The Balaban J connectivity index is 2.17. The molecule has 1 aliphatic carbocycles. The van der Waals surface area contributed by atoms with Gasteiger partial charge in [-0.1, -0.05) is 26.2 Å². The van der Waals surface area contributed by atoms with E-state index in [0.29, 0.717) is 18.8 Å². The van der Waals surface area contributed by atoms with Crippen LogP contribution in [-0.2, 0) is 9.59 Å². The Kier molecular flexibility index (Phi) is 4.45. The number of amides is 1. The third-order valence-electron chi connectivity index (χ3n) is 4.54. The van der Waals surface area contributed by atoms with Crippen molar-refractivity contribution >= 4 is 11.9 Å². The molecule has 0 aromatic carbocycles. The highest BCUT2D eigenvalue weighted by Crippen LogP contribution is 2.40. The van der Waals surface area contributed by atoms with Gasteiger partial charge in [0, 0.05) is 6.04 Å². The SMILES string of the molecule is CCC[C@H](N)C(=O)N1C(C(=O)O)CC2CCCCC21. The minimum Gasteiger partial charge on any atom is -0.480 e. The van der Waals surface area contributed by atoms with Gasteiger partial charge in [-0.3, -0.25) is 4.79 Å². The maximum atomic E-state index is 12.4. The fourth-order valence-corrected chi connectivity index (χ4v) is 3.62. The monoisotopic (exact) mass is 268 g/mol. The number of aliphatic carboxylic acids is 1.